The van der Waals surface area contributed by atoms with Crippen LogP contribution in [0.25, 0.3) is 0 Å². The quantitative estimate of drug-likeness (QED) is 0.809. The van der Waals surface area contributed by atoms with Gasteiger partial charge in [-0.25, -0.2) is 4.98 Å². The number of nitrogens with zero attached hydrogens (tertiary/aromatic N) is 2. The van der Waals surface area contributed by atoms with Gasteiger partial charge in [-0.3, -0.25) is 0 Å². The van der Waals surface area contributed by atoms with E-state index >= 15 is 0 Å². The van der Waals surface area contributed by atoms with Crippen LogP contribution in [0.4, 0.5) is 0 Å². The molecule has 4 heteroatoms. The molecule has 1 saturated carbocycles. The van der Waals surface area contributed by atoms with Crippen molar-refractivity contribution in [2.45, 2.75) is 57.8 Å². The lowest BCUT2D eigenvalue weighted by Gasteiger charge is -2.28. The van der Waals surface area contributed by atoms with Gasteiger partial charge in [0.05, 0.1) is 18.1 Å². The molecule has 0 aliphatic heterocycles. The molecule has 0 spiro atoms. The van der Waals surface area contributed by atoms with E-state index in [9.17, 15) is 5.11 Å². The molecule has 2 atom stereocenters. The second-order valence-electron chi connectivity index (χ2n) is 4.51. The van der Waals surface area contributed by atoms with Gasteiger partial charge in [0.15, 0.2) is 0 Å². The zero-order valence-electron chi connectivity index (χ0n) is 9.89. The molecule has 1 heterocycles. The molecule has 0 bridgehead atoms. The number of aromatic nitrogens is 2. The normalized spacial score (nSPS) is 25.9. The second-order valence-corrected chi connectivity index (χ2v) is 4.51. The maximum atomic E-state index is 9.84. The molecular formula is C12H21N3O. The fourth-order valence-electron chi connectivity index (χ4n) is 2.37. The third kappa shape index (κ3) is 2.62. The molecule has 1 aliphatic rings. The summed E-state index contributed by atoms with van der Waals surface area (Å²) in [7, 11) is 0. The standard InChI is InChI=1S/C12H21N3O/c1-2-15-9-13-7-10(15)8-14-11-5-3-4-6-12(11)16/h7,9,11-12,14,16H,2-6,8H2,1H3. The number of nitrogens with one attached hydrogen (secondary N) is 1. The van der Waals surface area contributed by atoms with E-state index in [2.05, 4.69) is 21.8 Å². The van der Waals surface area contributed by atoms with Gasteiger partial charge in [0, 0.05) is 25.3 Å². The Balaban J connectivity index is 1.86. The van der Waals surface area contributed by atoms with Crippen molar-refractivity contribution in [3.63, 3.8) is 0 Å². The molecule has 16 heavy (non-hydrogen) atoms. The lowest BCUT2D eigenvalue weighted by atomic mass is 9.92. The van der Waals surface area contributed by atoms with Crippen LogP contribution in [0.2, 0.25) is 0 Å². The smallest absolute Gasteiger partial charge is 0.0948 e. The van der Waals surface area contributed by atoms with Crippen LogP contribution in [0.3, 0.4) is 0 Å². The van der Waals surface area contributed by atoms with E-state index in [1.807, 2.05) is 12.5 Å². The molecule has 0 amide bonds. The number of hydrogen-bond donors (Lipinski definition) is 2. The molecule has 0 aromatic carbocycles. The van der Waals surface area contributed by atoms with Crippen LogP contribution in [0.5, 0.6) is 0 Å². The third-order valence-electron chi connectivity index (χ3n) is 3.41. The summed E-state index contributed by atoms with van der Waals surface area (Å²) >= 11 is 0. The highest BCUT2D eigenvalue weighted by Gasteiger charge is 2.22. The summed E-state index contributed by atoms with van der Waals surface area (Å²) in [6.07, 6.45) is 7.98. The lowest BCUT2D eigenvalue weighted by molar-refractivity contribution is 0.0899. The van der Waals surface area contributed by atoms with Crippen molar-refractivity contribution in [1.29, 1.82) is 0 Å². The van der Waals surface area contributed by atoms with E-state index in [4.69, 9.17) is 0 Å². The molecular weight excluding hydrogens is 202 g/mol. The van der Waals surface area contributed by atoms with Crippen molar-refractivity contribution in [1.82, 2.24) is 14.9 Å². The lowest BCUT2D eigenvalue weighted by Crippen LogP contribution is -2.41. The molecule has 1 aromatic heterocycles. The molecule has 2 unspecified atom stereocenters. The van der Waals surface area contributed by atoms with E-state index in [1.54, 1.807) is 0 Å². The van der Waals surface area contributed by atoms with Gasteiger partial charge in [0.25, 0.3) is 0 Å². The highest BCUT2D eigenvalue weighted by molar-refractivity contribution is 4.98. The average molecular weight is 223 g/mol. The minimum atomic E-state index is -0.174. The first-order valence-electron chi connectivity index (χ1n) is 6.21. The number of imidazole rings is 1. The highest BCUT2D eigenvalue weighted by Crippen LogP contribution is 2.18. The van der Waals surface area contributed by atoms with Crippen LogP contribution in [0.1, 0.15) is 38.3 Å². The predicted molar refractivity (Wildman–Crippen MR) is 63.0 cm³/mol. The Bertz CT molecular complexity index is 324. The average Bonchev–Trinajstić information content (AvgIpc) is 2.75. The SMILES string of the molecule is CCn1cncc1CNC1CCCCC1O. The van der Waals surface area contributed by atoms with E-state index in [0.717, 1.165) is 32.4 Å². The van der Waals surface area contributed by atoms with Gasteiger partial charge < -0.3 is 15.0 Å². The number of aliphatic hydroxyl groups is 1. The zero-order valence-corrected chi connectivity index (χ0v) is 9.89. The van der Waals surface area contributed by atoms with Gasteiger partial charge in [-0.1, -0.05) is 12.8 Å². The van der Waals surface area contributed by atoms with Crippen molar-refractivity contribution in [3.05, 3.63) is 18.2 Å². The maximum Gasteiger partial charge on any atom is 0.0948 e. The van der Waals surface area contributed by atoms with Gasteiger partial charge in [-0.15, -0.1) is 0 Å². The maximum absolute atomic E-state index is 9.84. The van der Waals surface area contributed by atoms with Crippen molar-refractivity contribution >= 4 is 0 Å². The highest BCUT2D eigenvalue weighted by atomic mass is 16.3. The molecule has 4 nitrogen and oxygen atoms in total. The molecule has 1 aliphatic carbocycles. The molecule has 2 rings (SSSR count). The van der Waals surface area contributed by atoms with E-state index in [0.29, 0.717) is 0 Å². The summed E-state index contributed by atoms with van der Waals surface area (Å²) in [6.45, 7) is 3.86. The number of hydrogen-bond acceptors (Lipinski definition) is 3. The van der Waals surface area contributed by atoms with Crippen LogP contribution in [0.15, 0.2) is 12.5 Å². The van der Waals surface area contributed by atoms with Crippen LogP contribution in [-0.2, 0) is 13.1 Å². The zero-order chi connectivity index (χ0) is 11.4. The Morgan fingerprint density at radius 2 is 2.31 bits per heavy atom. The molecule has 90 valence electrons. The first-order chi connectivity index (χ1) is 7.81. The molecule has 2 N–H and O–H groups in total. The fraction of sp³-hybridized carbons (Fsp3) is 0.750. The largest absolute Gasteiger partial charge is 0.392 e. The molecule has 0 radical (unpaired) electrons. The third-order valence-corrected chi connectivity index (χ3v) is 3.41. The summed E-state index contributed by atoms with van der Waals surface area (Å²) in [5, 5.41) is 13.3. The Labute approximate surface area is 96.7 Å². The summed E-state index contributed by atoms with van der Waals surface area (Å²) in [4.78, 5) is 4.14. The van der Waals surface area contributed by atoms with Gasteiger partial charge in [0.2, 0.25) is 0 Å². The molecule has 1 fully saturated rings. The topological polar surface area (TPSA) is 50.1 Å². The first kappa shape index (κ1) is 11.6. The van der Waals surface area contributed by atoms with Crippen molar-refractivity contribution < 1.29 is 5.11 Å². The number of rotatable bonds is 4. The minimum absolute atomic E-state index is 0.174. The molecule has 1 aromatic rings. The minimum Gasteiger partial charge on any atom is -0.392 e. The Morgan fingerprint density at radius 1 is 1.50 bits per heavy atom. The van der Waals surface area contributed by atoms with Crippen molar-refractivity contribution in [2.24, 2.45) is 0 Å². The fourth-order valence-corrected chi connectivity index (χ4v) is 2.37. The van der Waals surface area contributed by atoms with E-state index in [1.165, 1.54) is 12.1 Å². The summed E-state index contributed by atoms with van der Waals surface area (Å²) in [6, 6.07) is 0.258. The first-order valence-corrected chi connectivity index (χ1v) is 6.21. The van der Waals surface area contributed by atoms with E-state index in [-0.39, 0.29) is 12.1 Å². The molecule has 0 saturated heterocycles. The van der Waals surface area contributed by atoms with Crippen LogP contribution in [0, 0.1) is 0 Å². The van der Waals surface area contributed by atoms with Crippen molar-refractivity contribution in [2.75, 3.05) is 0 Å². The van der Waals surface area contributed by atoms with Gasteiger partial charge >= 0.3 is 0 Å². The monoisotopic (exact) mass is 223 g/mol. The van der Waals surface area contributed by atoms with Gasteiger partial charge in [-0.05, 0) is 19.8 Å². The Morgan fingerprint density at radius 3 is 3.06 bits per heavy atom. The summed E-state index contributed by atoms with van der Waals surface area (Å²) < 4.78 is 2.13. The summed E-state index contributed by atoms with van der Waals surface area (Å²) in [5.74, 6) is 0. The summed E-state index contributed by atoms with van der Waals surface area (Å²) in [5.41, 5.74) is 1.19. The number of aryl methyl sites for hydroxylation is 1. The predicted octanol–water partition coefficient (Wildman–Crippen LogP) is 1.30. The van der Waals surface area contributed by atoms with Gasteiger partial charge in [0.1, 0.15) is 0 Å². The van der Waals surface area contributed by atoms with E-state index < -0.39 is 0 Å². The Hall–Kier alpha value is -0.870. The van der Waals surface area contributed by atoms with Crippen molar-refractivity contribution in [3.8, 4) is 0 Å². The van der Waals surface area contributed by atoms with Crippen LogP contribution in [-0.4, -0.2) is 26.8 Å². The Kier molecular flexibility index (Phi) is 3.96. The second kappa shape index (κ2) is 5.46. The number of aliphatic hydroxyl groups excluding tert-OH is 1. The van der Waals surface area contributed by atoms with Gasteiger partial charge in [-0.2, -0.15) is 0 Å². The van der Waals surface area contributed by atoms with Crippen LogP contribution >= 0.6 is 0 Å². The van der Waals surface area contributed by atoms with Crippen LogP contribution < -0.4 is 5.32 Å².